The Morgan fingerprint density at radius 2 is 1.68 bits per heavy atom. The van der Waals surface area contributed by atoms with Crippen molar-refractivity contribution in [2.24, 2.45) is 0 Å². The van der Waals surface area contributed by atoms with E-state index in [9.17, 15) is 26.0 Å². The standard InChI is InChI=1S/C30H33FN8O3S.C2HF3O2/c1-38(26-10-6-23(7-11-26)33-19-21-15-17-39-27(18-21)20-34-42-39)43(40,41)28-12-8-25(9-13-28)36-30-32-16-14-29(37-30)35-24-4-2-22(31)3-5-24;3-2(4,5)1(6)7/h2-5,8-9,12-18,20,23,26,33-34H,6-7,10-11,19H2,1H3,(H2,32,35,36,37);(H,6,7). The summed E-state index contributed by atoms with van der Waals surface area (Å²) in [5.41, 5.74) is 6.19. The SMILES string of the molecule is CN(C1CCC(NCC2=CC3=CNON3C=C2)CC1)S(=O)(=O)c1ccc(Nc2nccc(Nc3ccc(F)cc3)n2)cc1.O=C(O)C(F)(F)F. The number of nitrogens with zero attached hydrogens (tertiary/aromatic N) is 4. The summed E-state index contributed by atoms with van der Waals surface area (Å²) >= 11 is 0. The highest BCUT2D eigenvalue weighted by atomic mass is 32.2. The lowest BCUT2D eigenvalue weighted by Crippen LogP contribution is -2.43. The summed E-state index contributed by atoms with van der Waals surface area (Å²) in [6, 6.07) is 14.5. The van der Waals surface area contributed by atoms with Gasteiger partial charge in [0.15, 0.2) is 0 Å². The third kappa shape index (κ3) is 9.56. The number of aromatic nitrogens is 2. The van der Waals surface area contributed by atoms with Crippen molar-refractivity contribution in [1.29, 1.82) is 0 Å². The van der Waals surface area contributed by atoms with Gasteiger partial charge in [-0.1, -0.05) is 0 Å². The fourth-order valence-corrected chi connectivity index (χ4v) is 6.69. The summed E-state index contributed by atoms with van der Waals surface area (Å²) in [5, 5.41) is 18.6. The maximum atomic E-state index is 13.4. The Hall–Kier alpha value is -5.04. The largest absolute Gasteiger partial charge is 0.490 e. The highest BCUT2D eigenvalue weighted by Gasteiger charge is 2.38. The van der Waals surface area contributed by atoms with Gasteiger partial charge in [-0.3, -0.25) is 0 Å². The number of aliphatic carboxylic acids is 1. The van der Waals surface area contributed by atoms with E-state index >= 15 is 0 Å². The van der Waals surface area contributed by atoms with Gasteiger partial charge in [-0.05, 0) is 98.0 Å². The van der Waals surface area contributed by atoms with Crippen LogP contribution in [0.2, 0.25) is 0 Å². The van der Waals surface area contributed by atoms with E-state index < -0.39 is 22.2 Å². The molecule has 1 aromatic heterocycles. The van der Waals surface area contributed by atoms with Crippen LogP contribution in [0, 0.1) is 5.82 Å². The molecule has 0 spiro atoms. The molecule has 3 aromatic rings. The summed E-state index contributed by atoms with van der Waals surface area (Å²) in [4.78, 5) is 23.0. The first-order chi connectivity index (χ1) is 23.8. The zero-order valence-corrected chi connectivity index (χ0v) is 27.4. The molecule has 5 N–H and O–H groups in total. The van der Waals surface area contributed by atoms with E-state index in [1.807, 2.05) is 12.3 Å². The molecule has 1 aliphatic carbocycles. The van der Waals surface area contributed by atoms with Crippen molar-refractivity contribution in [3.63, 3.8) is 0 Å². The van der Waals surface area contributed by atoms with Crippen molar-refractivity contribution in [3.05, 3.63) is 102 Å². The normalized spacial score (nSPS) is 18.6. The average Bonchev–Trinajstić information content (AvgIpc) is 3.57. The molecule has 6 rings (SSSR count). The minimum Gasteiger partial charge on any atom is -0.475 e. The van der Waals surface area contributed by atoms with E-state index in [0.29, 0.717) is 29.2 Å². The molecule has 0 saturated heterocycles. The number of halogens is 4. The van der Waals surface area contributed by atoms with Gasteiger partial charge in [0.2, 0.25) is 16.0 Å². The second-order valence-corrected chi connectivity index (χ2v) is 13.4. The Labute approximate surface area is 285 Å². The number of sulfonamides is 1. The van der Waals surface area contributed by atoms with Crippen LogP contribution < -0.4 is 21.4 Å². The zero-order valence-electron chi connectivity index (χ0n) is 26.6. The number of fused-ring (bicyclic) bond motifs is 1. The molecule has 2 aromatic carbocycles. The number of hydroxylamine groups is 3. The maximum Gasteiger partial charge on any atom is 0.490 e. The van der Waals surface area contributed by atoms with Gasteiger partial charge in [-0.2, -0.15) is 27.4 Å². The lowest BCUT2D eigenvalue weighted by atomic mass is 9.91. The molecular formula is C32H34F4N8O5S. The maximum absolute atomic E-state index is 13.4. The van der Waals surface area contributed by atoms with Crippen LogP contribution in [0.1, 0.15) is 25.7 Å². The van der Waals surface area contributed by atoms with Crippen molar-refractivity contribution < 1.29 is 40.8 Å². The van der Waals surface area contributed by atoms with Gasteiger partial charge < -0.3 is 21.1 Å². The number of benzene rings is 2. The van der Waals surface area contributed by atoms with Crippen LogP contribution in [0.3, 0.4) is 0 Å². The highest BCUT2D eigenvalue weighted by Crippen LogP contribution is 2.28. The number of carboxylic acid groups (broad SMARTS) is 1. The van der Waals surface area contributed by atoms with Crippen molar-refractivity contribution in [3.8, 4) is 0 Å². The topological polar surface area (TPSA) is 161 Å². The lowest BCUT2D eigenvalue weighted by Gasteiger charge is -2.34. The molecule has 0 unspecified atom stereocenters. The molecule has 0 radical (unpaired) electrons. The number of nitrogens with one attached hydrogen (secondary N) is 4. The Balaban J connectivity index is 0.000000630. The second kappa shape index (κ2) is 15.7. The van der Waals surface area contributed by atoms with Crippen LogP contribution in [0.25, 0.3) is 0 Å². The number of alkyl halides is 3. The molecule has 266 valence electrons. The van der Waals surface area contributed by atoms with Crippen molar-refractivity contribution in [1.82, 2.24) is 30.1 Å². The quantitative estimate of drug-likeness (QED) is 0.172. The van der Waals surface area contributed by atoms with Crippen LogP contribution in [0.4, 0.5) is 40.7 Å². The van der Waals surface area contributed by atoms with Crippen LogP contribution in [0.5, 0.6) is 0 Å². The summed E-state index contributed by atoms with van der Waals surface area (Å²) < 4.78 is 73.3. The van der Waals surface area contributed by atoms with Gasteiger partial charge in [0.05, 0.1) is 16.8 Å². The monoisotopic (exact) mass is 718 g/mol. The number of carbonyl (C=O) groups is 1. The summed E-state index contributed by atoms with van der Waals surface area (Å²) in [7, 11) is -1.99. The van der Waals surface area contributed by atoms with Gasteiger partial charge in [0.1, 0.15) is 11.6 Å². The summed E-state index contributed by atoms with van der Waals surface area (Å²) in [5.74, 6) is -2.21. The average molecular weight is 719 g/mol. The van der Waals surface area contributed by atoms with Crippen LogP contribution >= 0.6 is 0 Å². The predicted octanol–water partition coefficient (Wildman–Crippen LogP) is 5.30. The molecule has 2 aliphatic heterocycles. The third-order valence-electron chi connectivity index (χ3n) is 7.98. The van der Waals surface area contributed by atoms with Gasteiger partial charge in [0.25, 0.3) is 0 Å². The molecule has 1 fully saturated rings. The molecule has 3 heterocycles. The molecular weight excluding hydrogens is 684 g/mol. The molecule has 0 amide bonds. The lowest BCUT2D eigenvalue weighted by molar-refractivity contribution is -0.192. The van der Waals surface area contributed by atoms with E-state index in [2.05, 4.69) is 37.5 Å². The van der Waals surface area contributed by atoms with Crippen LogP contribution in [-0.4, -0.2) is 70.7 Å². The molecule has 3 aliphatic rings. The van der Waals surface area contributed by atoms with Crippen molar-refractivity contribution in [2.75, 3.05) is 24.2 Å². The first-order valence-corrected chi connectivity index (χ1v) is 16.8. The number of hydrogen-bond donors (Lipinski definition) is 5. The van der Waals surface area contributed by atoms with Gasteiger partial charge in [-0.25, -0.2) is 33.1 Å². The van der Waals surface area contributed by atoms with E-state index in [0.717, 1.165) is 43.5 Å². The molecule has 18 heteroatoms. The van der Waals surface area contributed by atoms with Gasteiger partial charge in [-0.15, -0.1) is 0 Å². The Kier molecular flexibility index (Phi) is 11.4. The second-order valence-electron chi connectivity index (χ2n) is 11.4. The van der Waals surface area contributed by atoms with Crippen LogP contribution in [0.15, 0.2) is 102 Å². The summed E-state index contributed by atoms with van der Waals surface area (Å²) in [6.07, 6.45) is 7.66. The molecule has 50 heavy (non-hydrogen) atoms. The van der Waals surface area contributed by atoms with E-state index in [-0.39, 0.29) is 16.8 Å². The fraction of sp³-hybridized carbons (Fsp3) is 0.281. The first kappa shape index (κ1) is 36.2. The van der Waals surface area contributed by atoms with Crippen molar-refractivity contribution in [2.45, 2.75) is 48.8 Å². The Morgan fingerprint density at radius 1 is 1.04 bits per heavy atom. The van der Waals surface area contributed by atoms with Gasteiger partial charge in [0, 0.05) is 49.4 Å². The first-order valence-electron chi connectivity index (χ1n) is 15.3. The smallest absolute Gasteiger partial charge is 0.475 e. The van der Waals surface area contributed by atoms with Gasteiger partial charge >= 0.3 is 12.1 Å². The number of rotatable bonds is 10. The Morgan fingerprint density at radius 3 is 2.34 bits per heavy atom. The van der Waals surface area contributed by atoms with E-state index in [1.54, 1.807) is 67.0 Å². The Bertz CT molecular complexity index is 1850. The molecule has 1 saturated carbocycles. The third-order valence-corrected chi connectivity index (χ3v) is 9.90. The van der Waals surface area contributed by atoms with E-state index in [4.69, 9.17) is 14.8 Å². The van der Waals surface area contributed by atoms with Crippen LogP contribution in [-0.2, 0) is 19.8 Å². The minimum absolute atomic E-state index is 0.0557. The number of anilines is 4. The summed E-state index contributed by atoms with van der Waals surface area (Å²) in [6.45, 7) is 0.742. The number of allylic oxidation sites excluding steroid dienone is 1. The van der Waals surface area contributed by atoms with E-state index in [1.165, 1.54) is 16.4 Å². The molecule has 0 bridgehead atoms. The fourth-order valence-electron chi connectivity index (χ4n) is 5.27. The number of hydrogen-bond acceptors (Lipinski definition) is 11. The number of carboxylic acids is 1. The zero-order chi connectivity index (χ0) is 35.9. The van der Waals surface area contributed by atoms with Crippen molar-refractivity contribution >= 4 is 39.1 Å². The predicted molar refractivity (Wildman–Crippen MR) is 175 cm³/mol. The molecule has 13 nitrogen and oxygen atoms in total. The molecule has 0 atom stereocenters. The minimum atomic E-state index is -5.08. The highest BCUT2D eigenvalue weighted by molar-refractivity contribution is 7.89.